The minimum absolute atomic E-state index is 0.178. The van der Waals surface area contributed by atoms with Crippen LogP contribution in [-0.4, -0.2) is 11.9 Å². The summed E-state index contributed by atoms with van der Waals surface area (Å²) < 4.78 is 11.0. The lowest BCUT2D eigenvalue weighted by Gasteiger charge is -2.04. The average molecular weight is 231 g/mol. The van der Waals surface area contributed by atoms with E-state index in [4.69, 9.17) is 9.47 Å². The molecule has 1 aromatic carbocycles. The number of phenolic OH excluding ortho intramolecular Hbond substituents is 1. The lowest BCUT2D eigenvalue weighted by atomic mass is 10.2. The Hall–Kier alpha value is -0.900. The van der Waals surface area contributed by atoms with Gasteiger partial charge < -0.3 is 14.6 Å². The first kappa shape index (κ1) is 7.73. The molecule has 0 radical (unpaired) electrons. The molecule has 1 N–H and O–H groups in total. The third-order valence-corrected chi connectivity index (χ3v) is 2.80. The molecule has 2 rings (SSSR count). The smallest absolute Gasteiger partial charge is 0.231 e. The quantitative estimate of drug-likeness (QED) is 0.743. The molecule has 3 nitrogen and oxygen atoms in total. The Bertz CT molecular complexity index is 336. The van der Waals surface area contributed by atoms with Crippen molar-refractivity contribution in [3.63, 3.8) is 0 Å². The zero-order valence-corrected chi connectivity index (χ0v) is 8.01. The molecule has 0 atom stereocenters. The molecule has 0 saturated heterocycles. The molecule has 12 heavy (non-hydrogen) atoms. The largest absolute Gasteiger partial charge is 0.507 e. The summed E-state index contributed by atoms with van der Waals surface area (Å²) in [6.07, 6.45) is 0. The molecule has 0 spiro atoms. The topological polar surface area (TPSA) is 38.7 Å². The highest BCUT2D eigenvalue weighted by molar-refractivity contribution is 9.10. The molecule has 0 bridgehead atoms. The molecule has 0 amide bonds. The molecule has 0 aliphatic carbocycles. The number of benzene rings is 1. The van der Waals surface area contributed by atoms with Crippen LogP contribution in [0, 0.1) is 6.92 Å². The van der Waals surface area contributed by atoms with E-state index in [1.165, 1.54) is 0 Å². The van der Waals surface area contributed by atoms with Crippen LogP contribution in [0.1, 0.15) is 5.56 Å². The Kier molecular flexibility index (Phi) is 1.65. The van der Waals surface area contributed by atoms with Gasteiger partial charge in [-0.25, -0.2) is 0 Å². The summed E-state index contributed by atoms with van der Waals surface area (Å²) in [6, 6.07) is 1.54. The second kappa shape index (κ2) is 2.55. The lowest BCUT2D eigenvalue weighted by molar-refractivity contribution is 0.173. The van der Waals surface area contributed by atoms with Crippen molar-refractivity contribution < 1.29 is 14.6 Å². The number of phenols is 1. The fraction of sp³-hybridized carbons (Fsp3) is 0.250. The SMILES string of the molecule is Cc1c(Br)c(O)cc2c1OCO2. The first-order valence-electron chi connectivity index (χ1n) is 3.48. The monoisotopic (exact) mass is 230 g/mol. The fourth-order valence-electron chi connectivity index (χ4n) is 1.17. The van der Waals surface area contributed by atoms with Gasteiger partial charge in [-0.3, -0.25) is 0 Å². The number of hydrogen-bond acceptors (Lipinski definition) is 3. The maximum atomic E-state index is 9.38. The minimum atomic E-state index is 0.178. The fourth-order valence-corrected chi connectivity index (χ4v) is 1.46. The summed E-state index contributed by atoms with van der Waals surface area (Å²) in [7, 11) is 0. The summed E-state index contributed by atoms with van der Waals surface area (Å²) >= 11 is 3.25. The normalized spacial score (nSPS) is 13.5. The van der Waals surface area contributed by atoms with E-state index in [-0.39, 0.29) is 12.5 Å². The molecule has 4 heteroatoms. The summed E-state index contributed by atoms with van der Waals surface area (Å²) in [6.45, 7) is 2.09. The van der Waals surface area contributed by atoms with E-state index in [0.717, 1.165) is 5.56 Å². The maximum absolute atomic E-state index is 9.38. The van der Waals surface area contributed by atoms with Crippen LogP contribution in [0.5, 0.6) is 17.2 Å². The first-order valence-corrected chi connectivity index (χ1v) is 4.27. The molecule has 0 saturated carbocycles. The number of ether oxygens (including phenoxy) is 2. The molecular formula is C8H7BrO3. The average Bonchev–Trinajstić information content (AvgIpc) is 2.48. The van der Waals surface area contributed by atoms with Gasteiger partial charge in [-0.05, 0) is 22.9 Å². The van der Waals surface area contributed by atoms with E-state index >= 15 is 0 Å². The second-order valence-corrected chi connectivity index (χ2v) is 3.36. The van der Waals surface area contributed by atoms with Crippen molar-refractivity contribution in [2.24, 2.45) is 0 Å². The van der Waals surface area contributed by atoms with Crippen molar-refractivity contribution in [3.05, 3.63) is 16.1 Å². The lowest BCUT2D eigenvalue weighted by Crippen LogP contribution is -1.93. The maximum Gasteiger partial charge on any atom is 0.231 e. The predicted molar refractivity (Wildman–Crippen MR) is 46.7 cm³/mol. The standard InChI is InChI=1S/C8H7BrO3/c1-4-7(9)5(10)2-6-8(4)12-3-11-6/h2,10H,3H2,1H3. The molecule has 1 aliphatic heterocycles. The Morgan fingerprint density at radius 3 is 3.00 bits per heavy atom. The highest BCUT2D eigenvalue weighted by Crippen LogP contribution is 2.43. The Labute approximate surface area is 78.0 Å². The third-order valence-electron chi connectivity index (χ3n) is 1.80. The predicted octanol–water partition coefficient (Wildman–Crippen LogP) is 2.19. The van der Waals surface area contributed by atoms with Gasteiger partial charge in [0.25, 0.3) is 0 Å². The van der Waals surface area contributed by atoms with Crippen LogP contribution in [0.4, 0.5) is 0 Å². The van der Waals surface area contributed by atoms with Crippen LogP contribution in [0.15, 0.2) is 10.5 Å². The Morgan fingerprint density at radius 1 is 1.50 bits per heavy atom. The highest BCUT2D eigenvalue weighted by atomic mass is 79.9. The zero-order chi connectivity index (χ0) is 8.72. The molecule has 1 aromatic rings. The van der Waals surface area contributed by atoms with Crippen molar-refractivity contribution >= 4 is 15.9 Å². The van der Waals surface area contributed by atoms with Crippen molar-refractivity contribution in [3.8, 4) is 17.2 Å². The first-order chi connectivity index (χ1) is 5.70. The molecule has 0 unspecified atom stereocenters. The number of aromatic hydroxyl groups is 1. The number of halogens is 1. The van der Waals surface area contributed by atoms with Crippen LogP contribution in [0.25, 0.3) is 0 Å². The zero-order valence-electron chi connectivity index (χ0n) is 6.43. The summed E-state index contributed by atoms with van der Waals surface area (Å²) in [5.74, 6) is 1.49. The van der Waals surface area contributed by atoms with E-state index in [1.807, 2.05) is 6.92 Å². The molecule has 1 heterocycles. The third kappa shape index (κ3) is 0.948. The van der Waals surface area contributed by atoms with Gasteiger partial charge in [-0.1, -0.05) is 0 Å². The van der Waals surface area contributed by atoms with Crippen LogP contribution < -0.4 is 9.47 Å². The molecule has 1 aliphatic rings. The molecular weight excluding hydrogens is 224 g/mol. The van der Waals surface area contributed by atoms with Gasteiger partial charge >= 0.3 is 0 Å². The summed E-state index contributed by atoms with van der Waals surface area (Å²) in [4.78, 5) is 0. The van der Waals surface area contributed by atoms with Crippen LogP contribution in [-0.2, 0) is 0 Å². The molecule has 64 valence electrons. The van der Waals surface area contributed by atoms with E-state index < -0.39 is 0 Å². The van der Waals surface area contributed by atoms with E-state index in [1.54, 1.807) is 6.07 Å². The van der Waals surface area contributed by atoms with Gasteiger partial charge in [0.1, 0.15) is 5.75 Å². The van der Waals surface area contributed by atoms with Gasteiger partial charge in [0, 0.05) is 11.6 Å². The number of hydrogen-bond donors (Lipinski definition) is 1. The van der Waals surface area contributed by atoms with Gasteiger partial charge in [-0.2, -0.15) is 0 Å². The van der Waals surface area contributed by atoms with Gasteiger partial charge in [-0.15, -0.1) is 0 Å². The van der Waals surface area contributed by atoms with Crippen molar-refractivity contribution in [2.75, 3.05) is 6.79 Å². The van der Waals surface area contributed by atoms with Crippen molar-refractivity contribution in [1.82, 2.24) is 0 Å². The van der Waals surface area contributed by atoms with E-state index in [0.29, 0.717) is 16.0 Å². The van der Waals surface area contributed by atoms with Gasteiger partial charge in [0.2, 0.25) is 6.79 Å². The Morgan fingerprint density at radius 2 is 2.25 bits per heavy atom. The summed E-state index contributed by atoms with van der Waals surface area (Å²) in [5.41, 5.74) is 0.863. The van der Waals surface area contributed by atoms with Crippen LogP contribution in [0.3, 0.4) is 0 Å². The summed E-state index contributed by atoms with van der Waals surface area (Å²) in [5, 5.41) is 9.38. The minimum Gasteiger partial charge on any atom is -0.507 e. The Balaban J connectivity index is 2.67. The molecule has 0 fully saturated rings. The molecule has 0 aromatic heterocycles. The van der Waals surface area contributed by atoms with Gasteiger partial charge in [0.05, 0.1) is 4.47 Å². The highest BCUT2D eigenvalue weighted by Gasteiger charge is 2.20. The second-order valence-electron chi connectivity index (χ2n) is 2.57. The van der Waals surface area contributed by atoms with Crippen LogP contribution >= 0.6 is 15.9 Å². The van der Waals surface area contributed by atoms with E-state index in [9.17, 15) is 5.11 Å². The van der Waals surface area contributed by atoms with Crippen molar-refractivity contribution in [2.45, 2.75) is 6.92 Å². The van der Waals surface area contributed by atoms with Gasteiger partial charge in [0.15, 0.2) is 11.5 Å². The van der Waals surface area contributed by atoms with Crippen LogP contribution in [0.2, 0.25) is 0 Å². The van der Waals surface area contributed by atoms with Crippen molar-refractivity contribution in [1.29, 1.82) is 0 Å². The number of fused-ring (bicyclic) bond motifs is 1. The van der Waals surface area contributed by atoms with E-state index in [2.05, 4.69) is 15.9 Å². The number of rotatable bonds is 0.